The van der Waals surface area contributed by atoms with Gasteiger partial charge in [-0.05, 0) is 17.7 Å². The number of carboxylic acids is 1. The third kappa shape index (κ3) is 3.86. The molecule has 2 unspecified atom stereocenters. The van der Waals surface area contributed by atoms with E-state index in [2.05, 4.69) is 4.90 Å². The van der Waals surface area contributed by atoms with Crippen molar-refractivity contribution in [3.63, 3.8) is 0 Å². The molecule has 3 heterocycles. The first-order valence-corrected chi connectivity index (χ1v) is 9.51. The smallest absolute Gasteiger partial charge is 0.475 e. The van der Waals surface area contributed by atoms with Crippen LogP contribution in [0.1, 0.15) is 17.0 Å². The fourth-order valence-corrected chi connectivity index (χ4v) is 5.66. The van der Waals surface area contributed by atoms with E-state index in [1.807, 2.05) is 18.2 Å². The van der Waals surface area contributed by atoms with Gasteiger partial charge in [-0.1, -0.05) is 18.2 Å². The van der Waals surface area contributed by atoms with Gasteiger partial charge in [-0.25, -0.2) is 13.2 Å². The van der Waals surface area contributed by atoms with E-state index in [1.54, 1.807) is 24.7 Å². The highest BCUT2D eigenvalue weighted by molar-refractivity contribution is 7.92. The van der Waals surface area contributed by atoms with Gasteiger partial charge < -0.3 is 9.52 Å². The number of hydrogen-bond donors (Lipinski definition) is 1. The second-order valence-corrected chi connectivity index (χ2v) is 8.49. The fraction of sp³-hybridized carbons (Fsp3) is 0.353. The highest BCUT2D eigenvalue weighted by Crippen LogP contribution is 2.44. The third-order valence-electron chi connectivity index (χ3n) is 4.59. The van der Waals surface area contributed by atoms with Crippen LogP contribution in [0.4, 0.5) is 13.2 Å². The molecule has 2 aromatic rings. The van der Waals surface area contributed by atoms with E-state index in [0.29, 0.717) is 11.4 Å². The van der Waals surface area contributed by atoms with Gasteiger partial charge in [-0.3, -0.25) is 4.90 Å². The summed E-state index contributed by atoms with van der Waals surface area (Å²) in [4.78, 5) is 11.6. The average molecular weight is 403 g/mol. The summed E-state index contributed by atoms with van der Waals surface area (Å²) < 4.78 is 61.9. The number of halogens is 3. The fourth-order valence-electron chi connectivity index (χ4n) is 3.44. The first-order chi connectivity index (χ1) is 12.6. The lowest BCUT2D eigenvalue weighted by Gasteiger charge is -2.15. The van der Waals surface area contributed by atoms with E-state index in [-0.39, 0.29) is 11.2 Å². The Balaban J connectivity index is 0.000000260. The predicted octanol–water partition coefficient (Wildman–Crippen LogP) is 2.67. The van der Waals surface area contributed by atoms with Crippen LogP contribution in [0, 0.1) is 0 Å². The number of hydrogen-bond acceptors (Lipinski definition) is 5. The summed E-state index contributed by atoms with van der Waals surface area (Å²) in [5, 5.41) is 6.84. The number of sulfone groups is 1. The molecular weight excluding hydrogens is 387 g/mol. The normalized spacial score (nSPS) is 23.2. The molecule has 0 aliphatic carbocycles. The SMILES string of the molecule is O=C(O)C(F)(F)F.O=S1(=O)c2ccccc2C2CN(Cc3ccoc3)CC21. The van der Waals surface area contributed by atoms with Crippen molar-refractivity contribution in [3.05, 3.63) is 54.0 Å². The Bertz CT molecular complexity index is 924. The van der Waals surface area contributed by atoms with Gasteiger partial charge in [-0.2, -0.15) is 13.2 Å². The van der Waals surface area contributed by atoms with Crippen LogP contribution in [0.15, 0.2) is 52.2 Å². The molecule has 4 rings (SSSR count). The highest BCUT2D eigenvalue weighted by Gasteiger charge is 2.49. The summed E-state index contributed by atoms with van der Waals surface area (Å²) in [6, 6.07) is 9.36. The zero-order chi connectivity index (χ0) is 19.8. The minimum Gasteiger partial charge on any atom is -0.475 e. The molecule has 146 valence electrons. The number of carboxylic acid groups (broad SMARTS) is 1. The number of nitrogens with zero attached hydrogens (tertiary/aromatic N) is 1. The zero-order valence-corrected chi connectivity index (χ0v) is 14.7. The molecular formula is C17H16F3NO5S. The number of benzene rings is 1. The Kier molecular flexibility index (Phi) is 5.04. The van der Waals surface area contributed by atoms with Crippen LogP contribution in [0.3, 0.4) is 0 Å². The Labute approximate surface area is 153 Å². The van der Waals surface area contributed by atoms with Crippen LogP contribution in [-0.4, -0.2) is 48.9 Å². The monoisotopic (exact) mass is 403 g/mol. The molecule has 1 saturated heterocycles. The maximum Gasteiger partial charge on any atom is 0.490 e. The maximum absolute atomic E-state index is 12.6. The molecule has 0 spiro atoms. The first kappa shape index (κ1) is 19.4. The van der Waals surface area contributed by atoms with Gasteiger partial charge in [0.25, 0.3) is 0 Å². The largest absolute Gasteiger partial charge is 0.490 e. The molecule has 27 heavy (non-hydrogen) atoms. The summed E-state index contributed by atoms with van der Waals surface area (Å²) >= 11 is 0. The Morgan fingerprint density at radius 2 is 1.89 bits per heavy atom. The van der Waals surface area contributed by atoms with E-state index < -0.39 is 22.0 Å². The Hall–Kier alpha value is -2.33. The first-order valence-electron chi connectivity index (χ1n) is 7.97. The summed E-state index contributed by atoms with van der Waals surface area (Å²) in [6.07, 6.45) is -1.71. The number of likely N-dealkylation sites (tertiary alicyclic amines) is 1. The third-order valence-corrected chi connectivity index (χ3v) is 6.85. The van der Waals surface area contributed by atoms with Gasteiger partial charge in [-0.15, -0.1) is 0 Å². The van der Waals surface area contributed by atoms with Crippen LogP contribution in [0.25, 0.3) is 0 Å². The van der Waals surface area contributed by atoms with Crippen LogP contribution in [0.2, 0.25) is 0 Å². The maximum atomic E-state index is 12.6. The van der Waals surface area contributed by atoms with E-state index >= 15 is 0 Å². The quantitative estimate of drug-likeness (QED) is 0.830. The lowest BCUT2D eigenvalue weighted by molar-refractivity contribution is -0.192. The van der Waals surface area contributed by atoms with Gasteiger partial charge in [0.1, 0.15) is 0 Å². The molecule has 0 radical (unpaired) electrons. The summed E-state index contributed by atoms with van der Waals surface area (Å²) in [6.45, 7) is 2.15. The van der Waals surface area contributed by atoms with Crippen molar-refractivity contribution in [1.29, 1.82) is 0 Å². The predicted molar refractivity (Wildman–Crippen MR) is 87.8 cm³/mol. The van der Waals surface area contributed by atoms with Gasteiger partial charge in [0.2, 0.25) is 0 Å². The summed E-state index contributed by atoms with van der Waals surface area (Å²) in [5.41, 5.74) is 2.09. The molecule has 10 heteroatoms. The number of furan rings is 1. The molecule has 1 aromatic carbocycles. The van der Waals surface area contributed by atoms with E-state index in [0.717, 1.165) is 24.2 Å². The summed E-state index contributed by atoms with van der Waals surface area (Å²) in [7, 11) is -3.16. The van der Waals surface area contributed by atoms with Crippen molar-refractivity contribution in [1.82, 2.24) is 4.90 Å². The van der Waals surface area contributed by atoms with E-state index in [9.17, 15) is 21.6 Å². The number of carbonyl (C=O) groups is 1. The average Bonchev–Trinajstić information content (AvgIpc) is 3.28. The summed E-state index contributed by atoms with van der Waals surface area (Å²) in [5.74, 6) is -2.64. The van der Waals surface area contributed by atoms with Crippen molar-refractivity contribution in [3.8, 4) is 0 Å². The number of fused-ring (bicyclic) bond motifs is 3. The van der Waals surface area contributed by atoms with Crippen molar-refractivity contribution >= 4 is 15.8 Å². The minimum absolute atomic E-state index is 0.114. The second-order valence-electron chi connectivity index (χ2n) is 6.36. The molecule has 1 N–H and O–H groups in total. The zero-order valence-electron chi connectivity index (χ0n) is 13.9. The Morgan fingerprint density at radius 3 is 2.48 bits per heavy atom. The number of rotatable bonds is 2. The van der Waals surface area contributed by atoms with Crippen molar-refractivity contribution in [2.75, 3.05) is 13.1 Å². The molecule has 2 aliphatic rings. The van der Waals surface area contributed by atoms with Gasteiger partial charge in [0.05, 0.1) is 22.7 Å². The van der Waals surface area contributed by atoms with Crippen LogP contribution >= 0.6 is 0 Å². The van der Waals surface area contributed by atoms with Crippen LogP contribution < -0.4 is 0 Å². The molecule has 2 atom stereocenters. The van der Waals surface area contributed by atoms with Crippen LogP contribution in [0.5, 0.6) is 0 Å². The molecule has 2 aliphatic heterocycles. The molecule has 0 saturated carbocycles. The molecule has 1 fully saturated rings. The molecule has 0 bridgehead atoms. The minimum atomic E-state index is -5.08. The second kappa shape index (κ2) is 7.01. The standard InChI is InChI=1S/C15H15NO3S.C2HF3O2/c17-20(18)14-4-2-1-3-12(14)13-8-16(9-15(13)20)7-11-5-6-19-10-11;3-2(4,5)1(6)7/h1-6,10,13,15H,7-9H2;(H,6,7). The lowest BCUT2D eigenvalue weighted by atomic mass is 9.99. The van der Waals surface area contributed by atoms with Gasteiger partial charge in [0, 0.05) is 31.1 Å². The molecule has 6 nitrogen and oxygen atoms in total. The molecule has 1 aromatic heterocycles. The van der Waals surface area contributed by atoms with Gasteiger partial charge in [0.15, 0.2) is 9.84 Å². The number of alkyl halides is 3. The lowest BCUT2D eigenvalue weighted by Crippen LogP contribution is -2.25. The van der Waals surface area contributed by atoms with Crippen molar-refractivity contribution in [2.24, 2.45) is 0 Å². The van der Waals surface area contributed by atoms with E-state index in [4.69, 9.17) is 14.3 Å². The topological polar surface area (TPSA) is 87.8 Å². The molecule has 0 amide bonds. The van der Waals surface area contributed by atoms with E-state index in [1.165, 1.54) is 0 Å². The highest BCUT2D eigenvalue weighted by atomic mass is 32.2. The van der Waals surface area contributed by atoms with Gasteiger partial charge >= 0.3 is 12.1 Å². The van der Waals surface area contributed by atoms with Crippen LogP contribution in [-0.2, 0) is 21.2 Å². The van der Waals surface area contributed by atoms with Crippen molar-refractivity contribution < 1.29 is 35.9 Å². The number of aliphatic carboxylic acids is 1. The Morgan fingerprint density at radius 1 is 1.22 bits per heavy atom. The van der Waals surface area contributed by atoms with Crippen molar-refractivity contribution in [2.45, 2.75) is 28.8 Å².